The zero-order valence-electron chi connectivity index (χ0n) is 17.6. The Balaban J connectivity index is 1.91. The fraction of sp³-hybridized carbons (Fsp3) is 0.280. The SMILES string of the molecule is CCCNc1ccc(-c2cc(OC)c(-c3ccc(NC(C)C)cc3)cc2Cl)cc1. The van der Waals surface area contributed by atoms with E-state index in [9.17, 15) is 0 Å². The first-order valence-electron chi connectivity index (χ1n) is 10.1. The van der Waals surface area contributed by atoms with Crippen molar-refractivity contribution in [2.75, 3.05) is 24.3 Å². The van der Waals surface area contributed by atoms with Gasteiger partial charge in [0, 0.05) is 40.1 Å². The molecule has 0 aromatic heterocycles. The molecule has 0 unspecified atom stereocenters. The van der Waals surface area contributed by atoms with E-state index in [1.807, 2.05) is 12.1 Å². The summed E-state index contributed by atoms with van der Waals surface area (Å²) in [6, 6.07) is 21.1. The van der Waals surface area contributed by atoms with E-state index in [4.69, 9.17) is 16.3 Å². The van der Waals surface area contributed by atoms with Gasteiger partial charge in [0.25, 0.3) is 0 Å². The molecular weight excluding hydrogens is 380 g/mol. The van der Waals surface area contributed by atoms with Gasteiger partial charge in [-0.15, -0.1) is 0 Å². The molecule has 4 heteroatoms. The Labute approximate surface area is 179 Å². The number of halogens is 1. The van der Waals surface area contributed by atoms with Crippen LogP contribution in [0.4, 0.5) is 11.4 Å². The van der Waals surface area contributed by atoms with Crippen LogP contribution in [0.15, 0.2) is 60.7 Å². The maximum atomic E-state index is 6.68. The summed E-state index contributed by atoms with van der Waals surface area (Å²) in [6.45, 7) is 7.38. The molecule has 0 heterocycles. The molecule has 0 radical (unpaired) electrons. The van der Waals surface area contributed by atoms with Gasteiger partial charge in [-0.25, -0.2) is 0 Å². The quantitative estimate of drug-likeness (QED) is 0.409. The smallest absolute Gasteiger partial charge is 0.127 e. The number of ether oxygens (including phenoxy) is 1. The van der Waals surface area contributed by atoms with Crippen molar-refractivity contribution in [3.8, 4) is 28.0 Å². The maximum absolute atomic E-state index is 6.68. The Morgan fingerprint density at radius 2 is 1.45 bits per heavy atom. The average Bonchev–Trinajstić information content (AvgIpc) is 2.73. The minimum absolute atomic E-state index is 0.396. The molecule has 3 nitrogen and oxygen atoms in total. The first-order chi connectivity index (χ1) is 14.0. The summed E-state index contributed by atoms with van der Waals surface area (Å²) in [5.74, 6) is 0.808. The van der Waals surface area contributed by atoms with Crippen molar-refractivity contribution in [3.05, 3.63) is 65.7 Å². The lowest BCUT2D eigenvalue weighted by Gasteiger charge is -2.15. The number of methoxy groups -OCH3 is 1. The summed E-state index contributed by atoms with van der Waals surface area (Å²) in [4.78, 5) is 0. The van der Waals surface area contributed by atoms with Gasteiger partial charge in [0.05, 0.1) is 7.11 Å². The highest BCUT2D eigenvalue weighted by molar-refractivity contribution is 6.33. The Kier molecular flexibility index (Phi) is 7.05. The molecule has 3 rings (SSSR count). The summed E-state index contributed by atoms with van der Waals surface area (Å²) in [6.07, 6.45) is 1.10. The lowest BCUT2D eigenvalue weighted by molar-refractivity contribution is 0.416. The van der Waals surface area contributed by atoms with Gasteiger partial charge in [-0.2, -0.15) is 0 Å². The topological polar surface area (TPSA) is 33.3 Å². The molecular formula is C25H29ClN2O. The van der Waals surface area contributed by atoms with E-state index >= 15 is 0 Å². The summed E-state index contributed by atoms with van der Waals surface area (Å²) < 4.78 is 5.70. The third-order valence-corrected chi connectivity index (χ3v) is 5.03. The molecule has 0 fully saturated rings. The highest BCUT2D eigenvalue weighted by Gasteiger charge is 2.13. The lowest BCUT2D eigenvalue weighted by Crippen LogP contribution is -2.09. The molecule has 0 saturated carbocycles. The van der Waals surface area contributed by atoms with E-state index in [1.54, 1.807) is 7.11 Å². The number of hydrogen-bond acceptors (Lipinski definition) is 3. The van der Waals surface area contributed by atoms with Gasteiger partial charge in [-0.1, -0.05) is 42.8 Å². The number of anilines is 2. The molecule has 0 saturated heterocycles. The van der Waals surface area contributed by atoms with Crippen LogP contribution in [0, 0.1) is 0 Å². The van der Waals surface area contributed by atoms with Gasteiger partial charge in [-0.05, 0) is 67.8 Å². The molecule has 0 spiro atoms. The van der Waals surface area contributed by atoms with E-state index in [0.717, 1.165) is 52.3 Å². The molecule has 0 atom stereocenters. The summed E-state index contributed by atoms with van der Waals surface area (Å²) in [5, 5.41) is 7.51. The van der Waals surface area contributed by atoms with Crippen molar-refractivity contribution in [2.45, 2.75) is 33.2 Å². The van der Waals surface area contributed by atoms with E-state index in [0.29, 0.717) is 11.1 Å². The van der Waals surface area contributed by atoms with Crippen LogP contribution in [-0.2, 0) is 0 Å². The van der Waals surface area contributed by atoms with Crippen LogP contribution >= 0.6 is 11.6 Å². The third kappa shape index (κ3) is 5.24. The Morgan fingerprint density at radius 1 is 0.862 bits per heavy atom. The molecule has 0 aliphatic heterocycles. The maximum Gasteiger partial charge on any atom is 0.127 e. The predicted octanol–water partition coefficient (Wildman–Crippen LogP) is 7.32. The Hall–Kier alpha value is -2.65. The van der Waals surface area contributed by atoms with Crippen molar-refractivity contribution in [1.29, 1.82) is 0 Å². The zero-order chi connectivity index (χ0) is 20.8. The molecule has 29 heavy (non-hydrogen) atoms. The van der Waals surface area contributed by atoms with Gasteiger partial charge in [0.1, 0.15) is 5.75 Å². The van der Waals surface area contributed by atoms with Crippen LogP contribution in [0.25, 0.3) is 22.3 Å². The first kappa shape index (κ1) is 21.1. The minimum Gasteiger partial charge on any atom is -0.496 e. The van der Waals surface area contributed by atoms with Crippen LogP contribution < -0.4 is 15.4 Å². The van der Waals surface area contributed by atoms with Crippen LogP contribution in [0.5, 0.6) is 5.75 Å². The van der Waals surface area contributed by atoms with E-state index in [1.165, 1.54) is 0 Å². The van der Waals surface area contributed by atoms with Gasteiger partial charge < -0.3 is 15.4 Å². The zero-order valence-corrected chi connectivity index (χ0v) is 18.3. The monoisotopic (exact) mass is 408 g/mol. The van der Waals surface area contributed by atoms with Gasteiger partial charge in [0.15, 0.2) is 0 Å². The number of nitrogens with one attached hydrogen (secondary N) is 2. The third-order valence-electron chi connectivity index (χ3n) is 4.72. The predicted molar refractivity (Wildman–Crippen MR) is 126 cm³/mol. The highest BCUT2D eigenvalue weighted by atomic mass is 35.5. The van der Waals surface area contributed by atoms with E-state index in [2.05, 4.69) is 79.9 Å². The number of rotatable bonds is 8. The Morgan fingerprint density at radius 3 is 2.00 bits per heavy atom. The van der Waals surface area contributed by atoms with Gasteiger partial charge in [-0.3, -0.25) is 0 Å². The molecule has 3 aromatic carbocycles. The van der Waals surface area contributed by atoms with Crippen molar-refractivity contribution < 1.29 is 4.74 Å². The van der Waals surface area contributed by atoms with Crippen molar-refractivity contribution in [1.82, 2.24) is 0 Å². The van der Waals surface area contributed by atoms with Crippen molar-refractivity contribution in [2.24, 2.45) is 0 Å². The largest absolute Gasteiger partial charge is 0.496 e. The second-order valence-corrected chi connectivity index (χ2v) is 7.82. The molecule has 0 bridgehead atoms. The molecule has 152 valence electrons. The van der Waals surface area contributed by atoms with Crippen molar-refractivity contribution >= 4 is 23.0 Å². The Bertz CT molecular complexity index is 934. The number of hydrogen-bond donors (Lipinski definition) is 2. The van der Waals surface area contributed by atoms with Gasteiger partial charge in [0.2, 0.25) is 0 Å². The van der Waals surface area contributed by atoms with Gasteiger partial charge >= 0.3 is 0 Å². The van der Waals surface area contributed by atoms with E-state index in [-0.39, 0.29) is 0 Å². The fourth-order valence-corrected chi connectivity index (χ4v) is 3.56. The first-order valence-corrected chi connectivity index (χ1v) is 10.5. The second-order valence-electron chi connectivity index (χ2n) is 7.41. The van der Waals surface area contributed by atoms with E-state index < -0.39 is 0 Å². The molecule has 0 aliphatic rings. The fourth-order valence-electron chi connectivity index (χ4n) is 3.29. The highest BCUT2D eigenvalue weighted by Crippen LogP contribution is 2.39. The summed E-state index contributed by atoms with van der Waals surface area (Å²) in [5.41, 5.74) is 6.31. The van der Waals surface area contributed by atoms with Crippen molar-refractivity contribution in [3.63, 3.8) is 0 Å². The summed E-state index contributed by atoms with van der Waals surface area (Å²) >= 11 is 6.68. The van der Waals surface area contributed by atoms with Crippen LogP contribution in [-0.4, -0.2) is 19.7 Å². The standard InChI is InChI=1S/C25H29ClN2O/c1-5-14-27-20-10-6-18(7-11-20)22-16-25(29-4)23(15-24(22)26)19-8-12-21(13-9-19)28-17(2)3/h6-13,15-17,27-28H,5,14H2,1-4H3. The lowest BCUT2D eigenvalue weighted by atomic mass is 9.98. The molecule has 2 N–H and O–H groups in total. The molecule has 0 aliphatic carbocycles. The molecule has 0 amide bonds. The van der Waals surface area contributed by atoms with Crippen LogP contribution in [0.1, 0.15) is 27.2 Å². The summed E-state index contributed by atoms with van der Waals surface area (Å²) in [7, 11) is 1.70. The average molecular weight is 409 g/mol. The normalized spacial score (nSPS) is 10.8. The van der Waals surface area contributed by atoms with Crippen LogP contribution in [0.3, 0.4) is 0 Å². The van der Waals surface area contributed by atoms with Crippen LogP contribution in [0.2, 0.25) is 5.02 Å². The second kappa shape index (κ2) is 9.71. The minimum atomic E-state index is 0.396. The number of benzene rings is 3. The molecule has 3 aromatic rings.